The quantitative estimate of drug-likeness (QED) is 0.902. The topological polar surface area (TPSA) is 38.3 Å². The van der Waals surface area contributed by atoms with Crippen molar-refractivity contribution in [2.75, 3.05) is 12.4 Å². The van der Waals surface area contributed by atoms with Crippen LogP contribution >= 0.6 is 23.2 Å². The first-order valence-corrected chi connectivity index (χ1v) is 6.68. The molecule has 1 amide bonds. The molecule has 0 radical (unpaired) electrons. The highest BCUT2D eigenvalue weighted by molar-refractivity contribution is 6.32. The van der Waals surface area contributed by atoms with Crippen LogP contribution in [0.15, 0.2) is 36.4 Å². The molecule has 0 bridgehead atoms. The Kier molecular flexibility index (Phi) is 4.53. The summed E-state index contributed by atoms with van der Waals surface area (Å²) in [5.41, 5.74) is 2.06. The van der Waals surface area contributed by atoms with Gasteiger partial charge in [0.15, 0.2) is 0 Å². The second-order valence-corrected chi connectivity index (χ2v) is 5.11. The van der Waals surface area contributed by atoms with E-state index in [0.717, 1.165) is 5.56 Å². The van der Waals surface area contributed by atoms with Crippen molar-refractivity contribution in [3.63, 3.8) is 0 Å². The van der Waals surface area contributed by atoms with Crippen molar-refractivity contribution in [2.24, 2.45) is 0 Å². The van der Waals surface area contributed by atoms with Gasteiger partial charge in [0.25, 0.3) is 5.91 Å². The number of benzene rings is 2. The molecule has 0 aliphatic carbocycles. The van der Waals surface area contributed by atoms with E-state index in [4.69, 9.17) is 27.9 Å². The van der Waals surface area contributed by atoms with Crippen LogP contribution < -0.4 is 10.1 Å². The number of hydrogen-bond acceptors (Lipinski definition) is 2. The number of hydrogen-bond donors (Lipinski definition) is 1. The maximum Gasteiger partial charge on any atom is 0.255 e. The van der Waals surface area contributed by atoms with Gasteiger partial charge in [0, 0.05) is 16.3 Å². The average Bonchev–Trinajstić information content (AvgIpc) is 2.42. The summed E-state index contributed by atoms with van der Waals surface area (Å²) in [6.07, 6.45) is 0. The third-order valence-corrected chi connectivity index (χ3v) is 3.39. The van der Waals surface area contributed by atoms with Gasteiger partial charge in [-0.1, -0.05) is 29.3 Å². The van der Waals surface area contributed by atoms with Gasteiger partial charge in [-0.15, -0.1) is 0 Å². The number of aryl methyl sites for hydroxylation is 1. The molecule has 0 aromatic heterocycles. The molecule has 104 valence electrons. The zero-order valence-corrected chi connectivity index (χ0v) is 12.5. The molecule has 0 saturated heterocycles. The monoisotopic (exact) mass is 309 g/mol. The number of amides is 1. The largest absolute Gasteiger partial charge is 0.495 e. The van der Waals surface area contributed by atoms with Crippen LogP contribution in [0.4, 0.5) is 5.69 Å². The second kappa shape index (κ2) is 6.16. The Balaban J connectivity index is 2.24. The summed E-state index contributed by atoms with van der Waals surface area (Å²) in [6, 6.07) is 10.2. The SMILES string of the molecule is COc1ccc(C(=O)Nc2cc(Cl)ccc2C)cc1Cl. The van der Waals surface area contributed by atoms with Crippen LogP contribution in [0.2, 0.25) is 10.0 Å². The fourth-order valence-corrected chi connectivity index (χ4v) is 2.16. The smallest absolute Gasteiger partial charge is 0.255 e. The Hall–Kier alpha value is -1.71. The number of methoxy groups -OCH3 is 1. The molecule has 5 heteroatoms. The second-order valence-electron chi connectivity index (χ2n) is 4.26. The van der Waals surface area contributed by atoms with Crippen LogP contribution in [0.1, 0.15) is 15.9 Å². The van der Waals surface area contributed by atoms with Crippen LogP contribution in [0.3, 0.4) is 0 Å². The first kappa shape index (κ1) is 14.7. The summed E-state index contributed by atoms with van der Waals surface area (Å²) in [6.45, 7) is 1.90. The van der Waals surface area contributed by atoms with Crippen LogP contribution in [0.5, 0.6) is 5.75 Å². The first-order chi connectivity index (χ1) is 9.51. The van der Waals surface area contributed by atoms with E-state index in [0.29, 0.717) is 27.0 Å². The number of nitrogens with one attached hydrogen (secondary N) is 1. The lowest BCUT2D eigenvalue weighted by Gasteiger charge is -2.10. The molecule has 0 saturated carbocycles. The van der Waals surface area contributed by atoms with E-state index in [2.05, 4.69) is 5.32 Å². The molecule has 0 unspecified atom stereocenters. The van der Waals surface area contributed by atoms with E-state index in [9.17, 15) is 4.79 Å². The van der Waals surface area contributed by atoms with Crippen LogP contribution in [0.25, 0.3) is 0 Å². The molecule has 0 aliphatic rings. The van der Waals surface area contributed by atoms with Gasteiger partial charge in [-0.3, -0.25) is 4.79 Å². The Bertz CT molecular complexity index is 656. The summed E-state index contributed by atoms with van der Waals surface area (Å²) >= 11 is 11.9. The lowest BCUT2D eigenvalue weighted by Crippen LogP contribution is -2.12. The summed E-state index contributed by atoms with van der Waals surface area (Å²) < 4.78 is 5.05. The molecule has 0 aliphatic heterocycles. The maximum absolute atomic E-state index is 12.2. The van der Waals surface area contributed by atoms with Crippen molar-refractivity contribution < 1.29 is 9.53 Å². The molecular weight excluding hydrogens is 297 g/mol. The Morgan fingerprint density at radius 1 is 1.15 bits per heavy atom. The number of anilines is 1. The van der Waals surface area contributed by atoms with Crippen molar-refractivity contribution in [2.45, 2.75) is 6.92 Å². The number of ether oxygens (including phenoxy) is 1. The molecular formula is C15H13Cl2NO2. The van der Waals surface area contributed by atoms with Crippen LogP contribution in [-0.4, -0.2) is 13.0 Å². The molecule has 1 N–H and O–H groups in total. The van der Waals surface area contributed by atoms with Crippen LogP contribution in [-0.2, 0) is 0 Å². The predicted octanol–water partition coefficient (Wildman–Crippen LogP) is 4.56. The molecule has 0 heterocycles. The Morgan fingerprint density at radius 3 is 2.55 bits per heavy atom. The van der Waals surface area contributed by atoms with Crippen molar-refractivity contribution in [3.8, 4) is 5.75 Å². The lowest BCUT2D eigenvalue weighted by atomic mass is 10.1. The minimum absolute atomic E-state index is 0.250. The van der Waals surface area contributed by atoms with E-state index in [1.165, 1.54) is 7.11 Å². The van der Waals surface area contributed by atoms with Crippen molar-refractivity contribution in [1.82, 2.24) is 0 Å². The molecule has 2 aromatic rings. The average molecular weight is 310 g/mol. The number of carbonyl (C=O) groups excluding carboxylic acids is 1. The van der Waals surface area contributed by atoms with Gasteiger partial charge in [0.05, 0.1) is 12.1 Å². The molecule has 20 heavy (non-hydrogen) atoms. The lowest BCUT2D eigenvalue weighted by molar-refractivity contribution is 0.102. The molecule has 3 nitrogen and oxygen atoms in total. The fraction of sp³-hybridized carbons (Fsp3) is 0.133. The van der Waals surface area contributed by atoms with Gasteiger partial charge in [-0.05, 0) is 42.8 Å². The molecule has 2 aromatic carbocycles. The summed E-state index contributed by atoms with van der Waals surface area (Å²) in [4.78, 5) is 12.2. The van der Waals surface area contributed by atoms with E-state index >= 15 is 0 Å². The molecule has 0 atom stereocenters. The summed E-state index contributed by atoms with van der Waals surface area (Å²) in [5, 5.41) is 3.77. The van der Waals surface area contributed by atoms with Crippen molar-refractivity contribution in [1.29, 1.82) is 0 Å². The van der Waals surface area contributed by atoms with E-state index < -0.39 is 0 Å². The van der Waals surface area contributed by atoms with E-state index in [1.54, 1.807) is 30.3 Å². The first-order valence-electron chi connectivity index (χ1n) is 5.92. The number of rotatable bonds is 3. The number of halogens is 2. The van der Waals surface area contributed by atoms with Crippen molar-refractivity contribution >= 4 is 34.8 Å². The Labute approximate surface area is 127 Å². The molecule has 2 rings (SSSR count). The zero-order chi connectivity index (χ0) is 14.7. The van der Waals surface area contributed by atoms with E-state index in [1.807, 2.05) is 13.0 Å². The highest BCUT2D eigenvalue weighted by Gasteiger charge is 2.10. The van der Waals surface area contributed by atoms with Gasteiger partial charge >= 0.3 is 0 Å². The third-order valence-electron chi connectivity index (χ3n) is 2.86. The van der Waals surface area contributed by atoms with Crippen molar-refractivity contribution in [3.05, 3.63) is 57.6 Å². The number of carbonyl (C=O) groups is 1. The maximum atomic E-state index is 12.2. The standard InChI is InChI=1S/C15H13Cl2NO2/c1-9-3-5-11(16)8-13(9)18-15(19)10-4-6-14(20-2)12(17)7-10/h3-8H,1-2H3,(H,18,19). The molecule has 0 fully saturated rings. The highest BCUT2D eigenvalue weighted by atomic mass is 35.5. The van der Waals surface area contributed by atoms with Gasteiger partial charge in [-0.2, -0.15) is 0 Å². The van der Waals surface area contributed by atoms with Gasteiger partial charge < -0.3 is 10.1 Å². The van der Waals surface area contributed by atoms with Gasteiger partial charge in [0.2, 0.25) is 0 Å². The summed E-state index contributed by atoms with van der Waals surface area (Å²) in [5.74, 6) is 0.280. The highest BCUT2D eigenvalue weighted by Crippen LogP contribution is 2.26. The summed E-state index contributed by atoms with van der Waals surface area (Å²) in [7, 11) is 1.52. The molecule has 0 spiro atoms. The zero-order valence-electron chi connectivity index (χ0n) is 11.0. The van der Waals surface area contributed by atoms with E-state index in [-0.39, 0.29) is 5.91 Å². The van der Waals surface area contributed by atoms with Crippen LogP contribution in [0, 0.1) is 6.92 Å². The minimum Gasteiger partial charge on any atom is -0.495 e. The van der Waals surface area contributed by atoms with Gasteiger partial charge in [0.1, 0.15) is 5.75 Å². The minimum atomic E-state index is -0.250. The Morgan fingerprint density at radius 2 is 1.90 bits per heavy atom. The third kappa shape index (κ3) is 3.24. The van der Waals surface area contributed by atoms with Gasteiger partial charge in [-0.25, -0.2) is 0 Å². The fourth-order valence-electron chi connectivity index (χ4n) is 1.73. The predicted molar refractivity (Wildman–Crippen MR) is 82.1 cm³/mol. The normalized spacial score (nSPS) is 10.2.